The molecule has 0 heterocycles. The van der Waals surface area contributed by atoms with Gasteiger partial charge in [0.25, 0.3) is 5.69 Å². The number of nitrogens with one attached hydrogen (secondary N) is 1. The van der Waals surface area contributed by atoms with Crippen molar-refractivity contribution in [2.75, 3.05) is 40.3 Å². The van der Waals surface area contributed by atoms with Crippen molar-refractivity contribution < 1.29 is 32.0 Å². The maximum Gasteiger partial charge on any atom is 0.271 e. The third-order valence-corrected chi connectivity index (χ3v) is 4.90. The predicted molar refractivity (Wildman–Crippen MR) is 131 cm³/mol. The molecule has 0 bridgehead atoms. The lowest BCUT2D eigenvalue weighted by molar-refractivity contribution is -0.892. The number of quaternary nitrogens is 1. The molecule has 0 fully saturated rings. The topological polar surface area (TPSA) is 178 Å². The zero-order chi connectivity index (χ0) is 26.6. The van der Waals surface area contributed by atoms with Gasteiger partial charge in [0.15, 0.2) is 0 Å². The normalized spacial score (nSPS) is 12.8. The van der Waals surface area contributed by atoms with Crippen LogP contribution in [0.4, 0.5) is 17.1 Å². The molecule has 12 nitrogen and oxygen atoms in total. The third-order valence-electron chi connectivity index (χ3n) is 4.59. The Bertz CT molecular complexity index is 1090. The molecule has 0 saturated carbocycles. The average molecular weight is 532 g/mol. The third kappa shape index (κ3) is 14.5. The number of hydrogen-bond donors (Lipinski definition) is 3. The van der Waals surface area contributed by atoms with Gasteiger partial charge in [-0.25, -0.2) is 8.42 Å². The molecular formula is C21H30ClN5O7S. The second kappa shape index (κ2) is 14.1. The van der Waals surface area contributed by atoms with Crippen molar-refractivity contribution in [1.29, 1.82) is 0 Å². The van der Waals surface area contributed by atoms with E-state index < -0.39 is 15.3 Å². The molecule has 194 valence electrons. The minimum absolute atomic E-state index is 0.0811. The van der Waals surface area contributed by atoms with Crippen LogP contribution in [0.15, 0.2) is 52.7 Å². The molecule has 0 saturated heterocycles. The number of hydrogen-bond acceptors (Lipinski definition) is 9. The van der Waals surface area contributed by atoms with Crippen LogP contribution in [0.25, 0.3) is 0 Å². The maximum atomic E-state index is 10.7. The summed E-state index contributed by atoms with van der Waals surface area (Å²) in [5.41, 5.74) is 2.17. The molecule has 35 heavy (non-hydrogen) atoms. The molecule has 1 atom stereocenters. The van der Waals surface area contributed by atoms with E-state index >= 15 is 0 Å². The van der Waals surface area contributed by atoms with Crippen LogP contribution in [0.3, 0.4) is 0 Å². The molecule has 1 unspecified atom stereocenters. The Morgan fingerprint density at radius 3 is 2.26 bits per heavy atom. The summed E-state index contributed by atoms with van der Waals surface area (Å²) in [6.45, 7) is 5.27. The first-order valence-corrected chi connectivity index (χ1v) is 12.2. The van der Waals surface area contributed by atoms with Crippen LogP contribution < -0.4 is 5.32 Å². The number of non-ortho nitro benzene ring substituents is 1. The van der Waals surface area contributed by atoms with E-state index in [4.69, 9.17) is 29.1 Å². The quantitative estimate of drug-likeness (QED) is 0.0751. The summed E-state index contributed by atoms with van der Waals surface area (Å²) in [6, 6.07) is 11.8. The Morgan fingerprint density at radius 1 is 1.14 bits per heavy atom. The van der Waals surface area contributed by atoms with Gasteiger partial charge in [-0.3, -0.25) is 14.7 Å². The fourth-order valence-electron chi connectivity index (χ4n) is 3.08. The van der Waals surface area contributed by atoms with E-state index in [0.717, 1.165) is 37.1 Å². The lowest BCUT2D eigenvalue weighted by Gasteiger charge is -2.31. The van der Waals surface area contributed by atoms with E-state index in [1.807, 2.05) is 31.2 Å². The number of nitro benzene ring substituents is 1. The van der Waals surface area contributed by atoms with Gasteiger partial charge in [-0.2, -0.15) is 5.11 Å². The molecule has 0 aromatic heterocycles. The first kappa shape index (κ1) is 30.5. The van der Waals surface area contributed by atoms with Gasteiger partial charge in [-0.1, -0.05) is 23.7 Å². The first-order chi connectivity index (χ1) is 16.2. The lowest BCUT2D eigenvalue weighted by atomic mass is 10.1. The van der Waals surface area contributed by atoms with Gasteiger partial charge >= 0.3 is 0 Å². The van der Waals surface area contributed by atoms with Crippen LogP contribution in [-0.2, 0) is 16.8 Å². The highest BCUT2D eigenvalue weighted by atomic mass is 35.5. The number of halogens is 1. The van der Waals surface area contributed by atoms with Crippen molar-refractivity contribution in [3.63, 3.8) is 0 Å². The Morgan fingerprint density at radius 2 is 1.74 bits per heavy atom. The van der Waals surface area contributed by atoms with Gasteiger partial charge in [0.2, 0.25) is 10.4 Å². The minimum atomic E-state index is -4.92. The number of rotatable bonds is 11. The zero-order valence-corrected chi connectivity index (χ0v) is 21.2. The van der Waals surface area contributed by atoms with Crippen molar-refractivity contribution >= 4 is 39.1 Å². The number of nitro groups is 1. The fourth-order valence-corrected chi connectivity index (χ4v) is 3.29. The number of aliphatic hydroxyl groups excluding tert-OH is 1. The largest absolute Gasteiger partial charge is 0.726 e. The van der Waals surface area contributed by atoms with Crippen molar-refractivity contribution in [2.45, 2.75) is 19.4 Å². The summed E-state index contributed by atoms with van der Waals surface area (Å²) in [4.78, 5) is 10.2. The molecule has 0 radical (unpaired) electrons. The van der Waals surface area contributed by atoms with Crippen LogP contribution in [0.5, 0.6) is 0 Å². The number of azo groups is 1. The Balaban J connectivity index is 0.00000111. The van der Waals surface area contributed by atoms with Gasteiger partial charge < -0.3 is 19.5 Å². The Kier molecular flexibility index (Phi) is 12.3. The maximum absolute atomic E-state index is 10.7. The molecule has 0 spiro atoms. The van der Waals surface area contributed by atoms with Gasteiger partial charge in [-0.05, 0) is 43.7 Å². The number of aliphatic hydroxyl groups is 1. The monoisotopic (exact) mass is 531 g/mol. The summed E-state index contributed by atoms with van der Waals surface area (Å²) < 4.78 is 33.6. The first-order valence-electron chi connectivity index (χ1n) is 10.5. The van der Waals surface area contributed by atoms with Gasteiger partial charge in [0.1, 0.15) is 18.3 Å². The van der Waals surface area contributed by atoms with E-state index in [1.165, 1.54) is 23.8 Å². The molecule has 0 aliphatic carbocycles. The second-order valence-corrected chi connectivity index (χ2v) is 9.64. The number of benzene rings is 2. The molecule has 0 aliphatic rings. The summed E-state index contributed by atoms with van der Waals surface area (Å²) in [5.74, 6) is 0. The van der Waals surface area contributed by atoms with E-state index in [0.29, 0.717) is 11.4 Å². The van der Waals surface area contributed by atoms with Gasteiger partial charge in [-0.15, -0.1) is 5.11 Å². The summed E-state index contributed by atoms with van der Waals surface area (Å²) in [7, 11) is -0.683. The molecule has 3 N–H and O–H groups in total. The van der Waals surface area contributed by atoms with Crippen molar-refractivity contribution in [3.05, 3.63) is 63.2 Å². The zero-order valence-electron chi connectivity index (χ0n) is 19.7. The molecule has 0 aliphatic heterocycles. The van der Waals surface area contributed by atoms with Crippen LogP contribution >= 0.6 is 11.6 Å². The Labute approximate surface area is 209 Å². The molecule has 2 aromatic rings. The molecule has 0 amide bonds. The summed E-state index contributed by atoms with van der Waals surface area (Å²) >= 11 is 6.02. The second-order valence-electron chi connectivity index (χ2n) is 8.38. The van der Waals surface area contributed by atoms with Crippen molar-refractivity contribution in [3.8, 4) is 0 Å². The van der Waals surface area contributed by atoms with E-state index in [1.54, 1.807) is 0 Å². The SMILES string of the molecule is CC(O)C[N+](C)(C)CCNCCc1ccc(N=Nc2ccc([N+](=O)[O-])cc2Cl)cc1.O=S(=O)([O-])O. The molecular weight excluding hydrogens is 502 g/mol. The van der Waals surface area contributed by atoms with Crippen LogP contribution in [0.1, 0.15) is 12.5 Å². The predicted octanol–water partition coefficient (Wildman–Crippen LogP) is 3.26. The van der Waals surface area contributed by atoms with Crippen molar-refractivity contribution in [2.24, 2.45) is 10.2 Å². The number of nitrogens with zero attached hydrogens (tertiary/aromatic N) is 4. The standard InChI is InChI=1S/C21H29ClN5O3.H2O4S/c1-16(28)15-27(2,3)13-12-23-11-10-17-4-6-18(7-5-17)24-25-21-9-8-19(26(29)30)14-20(21)22;1-5(2,3)4/h4-9,14,16,23,28H,10-13,15H2,1-3H3;(H2,1,2,3,4)/q+1;/p-1. The molecule has 2 aromatic carbocycles. The Hall–Kier alpha value is -2.52. The summed E-state index contributed by atoms with van der Waals surface area (Å²) in [5, 5.41) is 32.1. The smallest absolute Gasteiger partial charge is 0.271 e. The summed E-state index contributed by atoms with van der Waals surface area (Å²) in [6.07, 6.45) is 0.599. The highest BCUT2D eigenvalue weighted by Crippen LogP contribution is 2.30. The highest BCUT2D eigenvalue weighted by molar-refractivity contribution is 7.79. The van der Waals surface area contributed by atoms with Crippen LogP contribution in [0.2, 0.25) is 5.02 Å². The molecule has 2 rings (SSSR count). The van der Waals surface area contributed by atoms with E-state index in [-0.39, 0.29) is 16.8 Å². The molecule has 14 heteroatoms. The average Bonchev–Trinajstić information content (AvgIpc) is 2.71. The van der Waals surface area contributed by atoms with E-state index in [2.05, 4.69) is 29.6 Å². The van der Waals surface area contributed by atoms with Gasteiger partial charge in [0, 0.05) is 18.7 Å². The highest BCUT2D eigenvalue weighted by Gasteiger charge is 2.16. The van der Waals surface area contributed by atoms with E-state index in [9.17, 15) is 15.2 Å². The van der Waals surface area contributed by atoms with Gasteiger partial charge in [0.05, 0.1) is 36.3 Å². The van der Waals surface area contributed by atoms with Crippen LogP contribution in [-0.4, -0.2) is 78.4 Å². The lowest BCUT2D eigenvalue weighted by Crippen LogP contribution is -2.48. The van der Waals surface area contributed by atoms with Crippen molar-refractivity contribution in [1.82, 2.24) is 5.32 Å². The minimum Gasteiger partial charge on any atom is -0.726 e. The fraction of sp³-hybridized carbons (Fsp3) is 0.429. The number of likely N-dealkylation sites (N-methyl/N-ethyl adjacent to an activating group) is 1. The van der Waals surface area contributed by atoms with Crippen LogP contribution in [0, 0.1) is 10.1 Å².